The Hall–Kier alpha value is -2.87. The van der Waals surface area contributed by atoms with E-state index >= 15 is 0 Å². The van der Waals surface area contributed by atoms with E-state index in [4.69, 9.17) is 15.6 Å². The van der Waals surface area contributed by atoms with E-state index in [1.807, 2.05) is 0 Å². The third-order valence-corrected chi connectivity index (χ3v) is 7.13. The molecule has 5 N–H and O–H groups in total. The maximum absolute atomic E-state index is 14.1. The number of benzene rings is 1. The minimum Gasteiger partial charge on any atom is -0.468 e. The fraction of sp³-hybridized carbons (Fsp3) is 0.560. The minimum absolute atomic E-state index is 0.0405. The molecule has 0 bridgehead atoms. The normalized spacial score (nSPS) is 15.3. The summed E-state index contributed by atoms with van der Waals surface area (Å²) in [6.45, 7) is 8.00. The summed E-state index contributed by atoms with van der Waals surface area (Å²) in [5, 5.41) is 14.4. The number of nitrogens with one attached hydrogen (secondary N) is 2. The van der Waals surface area contributed by atoms with Crippen LogP contribution in [0.3, 0.4) is 0 Å². The number of nitrogens with two attached hydrogens (primary N) is 1. The van der Waals surface area contributed by atoms with Crippen LogP contribution in [0.25, 0.3) is 0 Å². The van der Waals surface area contributed by atoms with Crippen molar-refractivity contribution in [3.8, 4) is 5.88 Å². The molecule has 13 heteroatoms. The van der Waals surface area contributed by atoms with Gasteiger partial charge in [0.2, 0.25) is 5.88 Å². The molecule has 0 aliphatic carbocycles. The Morgan fingerprint density at radius 1 is 1.13 bits per heavy atom. The van der Waals surface area contributed by atoms with Gasteiger partial charge in [0.05, 0.1) is 6.61 Å². The van der Waals surface area contributed by atoms with Crippen LogP contribution in [0.15, 0.2) is 18.2 Å². The number of hydrogen-bond acceptors (Lipinski definition) is 8. The van der Waals surface area contributed by atoms with Crippen LogP contribution in [0.4, 0.5) is 18.6 Å². The Kier molecular flexibility index (Phi) is 11.6. The molecule has 1 aliphatic rings. The highest BCUT2D eigenvalue weighted by Crippen LogP contribution is 2.33. The largest absolute Gasteiger partial charge is 0.468 e. The third kappa shape index (κ3) is 8.86. The van der Waals surface area contributed by atoms with Crippen molar-refractivity contribution in [2.24, 2.45) is 5.73 Å². The van der Waals surface area contributed by atoms with Gasteiger partial charge in [0, 0.05) is 44.8 Å². The third-order valence-electron chi connectivity index (χ3n) is 6.39. The van der Waals surface area contributed by atoms with Crippen LogP contribution >= 0.6 is 11.5 Å². The topological polar surface area (TPSA) is 133 Å². The van der Waals surface area contributed by atoms with Gasteiger partial charge in [0.1, 0.15) is 28.3 Å². The Morgan fingerprint density at radius 3 is 2.50 bits per heavy atom. The molecule has 1 aromatic carbocycles. The molecule has 0 radical (unpaired) electrons. The number of carbonyl (C=O) groups is 2. The lowest BCUT2D eigenvalue weighted by molar-refractivity contribution is 0.0994. The Morgan fingerprint density at radius 2 is 1.82 bits per heavy atom. The lowest BCUT2D eigenvalue weighted by atomic mass is 10.1. The van der Waals surface area contributed by atoms with E-state index in [1.165, 1.54) is 6.92 Å². The summed E-state index contributed by atoms with van der Waals surface area (Å²) in [4.78, 5) is 29.1. The van der Waals surface area contributed by atoms with Gasteiger partial charge in [-0.05, 0) is 56.0 Å². The number of amides is 3. The van der Waals surface area contributed by atoms with Gasteiger partial charge in [-0.15, -0.1) is 0 Å². The first kappa shape index (κ1) is 29.7. The maximum Gasteiger partial charge on any atom is 0.319 e. The lowest BCUT2D eigenvalue weighted by Crippen LogP contribution is -2.47. The highest BCUT2D eigenvalue weighted by Gasteiger charge is 2.25. The van der Waals surface area contributed by atoms with Gasteiger partial charge < -0.3 is 25.8 Å². The van der Waals surface area contributed by atoms with Crippen LogP contribution in [0.2, 0.25) is 0 Å². The molecule has 38 heavy (non-hydrogen) atoms. The molecule has 3 rings (SSSR count). The van der Waals surface area contributed by atoms with Crippen molar-refractivity contribution in [3.05, 3.63) is 41.0 Å². The first-order valence-electron chi connectivity index (χ1n) is 12.8. The van der Waals surface area contributed by atoms with Crippen molar-refractivity contribution in [1.29, 1.82) is 0 Å². The highest BCUT2D eigenvalue weighted by atomic mass is 32.1. The van der Waals surface area contributed by atoms with E-state index < -0.39 is 29.7 Å². The smallest absolute Gasteiger partial charge is 0.319 e. The zero-order valence-corrected chi connectivity index (χ0v) is 22.4. The molecule has 0 saturated carbocycles. The number of piperazine rings is 1. The fourth-order valence-corrected chi connectivity index (χ4v) is 4.98. The molecule has 210 valence electrons. The van der Waals surface area contributed by atoms with E-state index in [0.717, 1.165) is 94.7 Å². The number of hydrogen-bond donors (Lipinski definition) is 4. The molecule has 10 nitrogen and oxygen atoms in total. The van der Waals surface area contributed by atoms with Crippen LogP contribution in [0, 0.1) is 11.6 Å². The van der Waals surface area contributed by atoms with E-state index in [9.17, 15) is 18.4 Å². The molecule has 1 atom stereocenters. The van der Waals surface area contributed by atoms with Crippen LogP contribution in [-0.2, 0) is 0 Å². The Labute approximate surface area is 225 Å². The van der Waals surface area contributed by atoms with Crippen LogP contribution in [-0.4, -0.2) is 83.6 Å². The van der Waals surface area contributed by atoms with E-state index in [0.29, 0.717) is 6.54 Å². The number of β-amino-alcohol motifs (C(OH)–C–C–N with tert-alkyl or cyclic N) is 1. The minimum atomic E-state index is -0.955. The fourth-order valence-electron chi connectivity index (χ4n) is 4.26. The number of halogens is 2. The number of ether oxygens (including phenoxy) is 1. The summed E-state index contributed by atoms with van der Waals surface area (Å²) >= 11 is 0.808. The zero-order valence-electron chi connectivity index (χ0n) is 21.5. The summed E-state index contributed by atoms with van der Waals surface area (Å²) < 4.78 is 37.2. The molecule has 1 aromatic heterocycles. The van der Waals surface area contributed by atoms with Crippen LogP contribution < -0.4 is 21.1 Å². The van der Waals surface area contributed by atoms with Gasteiger partial charge in [0.25, 0.3) is 5.91 Å². The van der Waals surface area contributed by atoms with Crippen LogP contribution in [0.1, 0.15) is 54.6 Å². The summed E-state index contributed by atoms with van der Waals surface area (Å²) in [5.41, 5.74) is 5.30. The van der Waals surface area contributed by atoms with E-state index in [-0.39, 0.29) is 28.6 Å². The van der Waals surface area contributed by atoms with Gasteiger partial charge in [0.15, 0.2) is 0 Å². The van der Waals surface area contributed by atoms with Gasteiger partial charge >= 0.3 is 6.03 Å². The average Bonchev–Trinajstić information content (AvgIpc) is 3.27. The molecular formula is C25H36F2N6O4S. The summed E-state index contributed by atoms with van der Waals surface area (Å²) in [7, 11) is 0. The second-order valence-corrected chi connectivity index (χ2v) is 9.96. The number of urea groups is 1. The average molecular weight is 555 g/mol. The molecule has 0 spiro atoms. The molecule has 2 aromatic rings. The van der Waals surface area contributed by atoms with Crippen molar-refractivity contribution >= 4 is 28.5 Å². The first-order valence-corrected chi connectivity index (χ1v) is 13.6. The first-order chi connectivity index (χ1) is 18.3. The maximum atomic E-state index is 14.1. The molecule has 2 heterocycles. The Bertz CT molecular complexity index is 1060. The number of aromatic nitrogens is 1. The SMILES string of the molecule is CC(Oc1nsc(NC(=O)NCCCCCCN2CCN(CCO)CC2)c1C(N)=O)c1cc(F)ccc1F. The Balaban J connectivity index is 1.38. The molecule has 1 fully saturated rings. The molecule has 1 unspecified atom stereocenters. The van der Waals surface area contributed by atoms with E-state index in [2.05, 4.69) is 24.8 Å². The summed E-state index contributed by atoms with van der Waals surface area (Å²) in [6.07, 6.45) is 2.99. The van der Waals surface area contributed by atoms with E-state index in [1.54, 1.807) is 0 Å². The predicted molar refractivity (Wildman–Crippen MR) is 141 cm³/mol. The number of unbranched alkanes of at least 4 members (excludes halogenated alkanes) is 3. The van der Waals surface area contributed by atoms with Crippen molar-refractivity contribution in [3.63, 3.8) is 0 Å². The number of carbonyl (C=O) groups excluding carboxylic acids is 2. The van der Waals surface area contributed by atoms with Crippen molar-refractivity contribution in [2.75, 3.05) is 57.7 Å². The van der Waals surface area contributed by atoms with Gasteiger partial charge in [-0.2, -0.15) is 4.37 Å². The summed E-state index contributed by atoms with van der Waals surface area (Å²) in [6, 6.07) is 2.48. The lowest BCUT2D eigenvalue weighted by Gasteiger charge is -2.34. The number of rotatable bonds is 14. The van der Waals surface area contributed by atoms with Gasteiger partial charge in [-0.1, -0.05) is 12.8 Å². The van der Waals surface area contributed by atoms with Crippen molar-refractivity contribution in [1.82, 2.24) is 19.5 Å². The monoisotopic (exact) mass is 554 g/mol. The second kappa shape index (κ2) is 14.9. The standard InChI is InChI=1S/C25H36F2N6O4S/c1-17(19-16-18(26)6-7-20(19)27)37-23-21(22(28)35)24(38-31-23)30-25(36)29-8-4-2-3-5-9-32-10-12-33(13-11-32)14-15-34/h6-7,16-17,34H,2-5,8-15H2,1H3,(H2,28,35)(H2,29,30,36). The molecule has 1 saturated heterocycles. The number of aliphatic hydroxyl groups is 1. The number of aliphatic hydroxyl groups excluding tert-OH is 1. The second-order valence-electron chi connectivity index (χ2n) is 9.18. The quantitative estimate of drug-likeness (QED) is 0.264. The summed E-state index contributed by atoms with van der Waals surface area (Å²) in [5.74, 6) is -2.32. The predicted octanol–water partition coefficient (Wildman–Crippen LogP) is 2.95. The van der Waals surface area contributed by atoms with Gasteiger partial charge in [-0.25, -0.2) is 13.6 Å². The molecule has 3 amide bonds. The van der Waals surface area contributed by atoms with Crippen molar-refractivity contribution < 1.29 is 28.2 Å². The number of anilines is 1. The number of nitrogens with zero attached hydrogens (tertiary/aromatic N) is 3. The van der Waals surface area contributed by atoms with Crippen molar-refractivity contribution in [2.45, 2.75) is 38.7 Å². The zero-order chi connectivity index (χ0) is 27.5. The number of primary amides is 1. The molecule has 1 aliphatic heterocycles. The van der Waals surface area contributed by atoms with Crippen LogP contribution in [0.5, 0.6) is 5.88 Å². The highest BCUT2D eigenvalue weighted by molar-refractivity contribution is 7.11. The van der Waals surface area contributed by atoms with Gasteiger partial charge in [-0.3, -0.25) is 15.0 Å². The molecular weight excluding hydrogens is 518 g/mol.